The van der Waals surface area contributed by atoms with Crippen LogP contribution in [0.5, 0.6) is 0 Å². The van der Waals surface area contributed by atoms with Crippen molar-refractivity contribution < 1.29 is 17.9 Å². The van der Waals surface area contributed by atoms with Crippen molar-refractivity contribution in [2.75, 3.05) is 19.7 Å². The highest BCUT2D eigenvalue weighted by Gasteiger charge is 2.22. The Hall–Kier alpha value is -0.670. The van der Waals surface area contributed by atoms with E-state index in [2.05, 4.69) is 26.0 Å². The molecule has 9 heteroatoms. The molecule has 23 heavy (non-hydrogen) atoms. The van der Waals surface area contributed by atoms with Crippen LogP contribution in [0.1, 0.15) is 30.1 Å². The average Bonchev–Trinajstić information content (AvgIpc) is 2.98. The Morgan fingerprint density at radius 1 is 1.48 bits per heavy atom. The van der Waals surface area contributed by atoms with E-state index in [1.807, 2.05) is 0 Å². The predicted octanol–water partition coefficient (Wildman–Crippen LogP) is 2.08. The summed E-state index contributed by atoms with van der Waals surface area (Å²) >= 11 is 3.21. The van der Waals surface area contributed by atoms with E-state index in [1.165, 1.54) is 18.2 Å². The fourth-order valence-corrected chi connectivity index (χ4v) is 4.44. The summed E-state index contributed by atoms with van der Waals surface area (Å²) in [5, 5.41) is 3.23. The van der Waals surface area contributed by atoms with Crippen LogP contribution < -0.4 is 10.0 Å². The molecule has 0 radical (unpaired) electrons. The van der Waals surface area contributed by atoms with Crippen LogP contribution in [0.25, 0.3) is 0 Å². The molecule has 0 amide bonds. The summed E-state index contributed by atoms with van der Waals surface area (Å²) in [6, 6.07) is 4.49. The van der Waals surface area contributed by atoms with Crippen molar-refractivity contribution in [3.63, 3.8) is 0 Å². The van der Waals surface area contributed by atoms with Gasteiger partial charge in [0.1, 0.15) is 0 Å². The summed E-state index contributed by atoms with van der Waals surface area (Å²) < 4.78 is 32.5. The van der Waals surface area contributed by atoms with Gasteiger partial charge in [-0.05, 0) is 60.4 Å². The zero-order valence-electron chi connectivity index (χ0n) is 12.7. The lowest BCUT2D eigenvalue weighted by atomic mass is 10.2. The van der Waals surface area contributed by atoms with Crippen molar-refractivity contribution >= 4 is 44.3 Å². The van der Waals surface area contributed by atoms with Gasteiger partial charge < -0.3 is 10.1 Å². The topological polar surface area (TPSA) is 84.5 Å². The number of carbonyl (C=O) groups excluding carboxylic acids is 1. The summed E-state index contributed by atoms with van der Waals surface area (Å²) in [5.74, 6) is -0.477. The van der Waals surface area contributed by atoms with Crippen molar-refractivity contribution in [2.24, 2.45) is 0 Å². The van der Waals surface area contributed by atoms with Crippen LogP contribution in [0.3, 0.4) is 0 Å². The second-order valence-electron chi connectivity index (χ2n) is 5.01. The van der Waals surface area contributed by atoms with Gasteiger partial charge in [0.2, 0.25) is 10.0 Å². The van der Waals surface area contributed by atoms with Gasteiger partial charge in [-0.3, -0.25) is 0 Å². The van der Waals surface area contributed by atoms with Crippen LogP contribution in [0.2, 0.25) is 0 Å². The Labute approximate surface area is 151 Å². The third kappa shape index (κ3) is 5.42. The fraction of sp³-hybridized carbons (Fsp3) is 0.500. The van der Waals surface area contributed by atoms with Crippen molar-refractivity contribution in [3.05, 3.63) is 28.2 Å². The molecule has 1 aromatic rings. The molecule has 6 nitrogen and oxygen atoms in total. The molecule has 1 fully saturated rings. The monoisotopic (exact) mass is 426 g/mol. The van der Waals surface area contributed by atoms with Crippen molar-refractivity contribution in [1.29, 1.82) is 0 Å². The first-order chi connectivity index (χ1) is 10.4. The summed E-state index contributed by atoms with van der Waals surface area (Å²) in [6.07, 6.45) is 2.02. The van der Waals surface area contributed by atoms with E-state index in [0.717, 1.165) is 19.4 Å². The molecule has 130 valence electrons. The smallest absolute Gasteiger partial charge is 0.338 e. The van der Waals surface area contributed by atoms with E-state index in [1.54, 1.807) is 6.92 Å². The molecule has 1 unspecified atom stereocenters. The number of hydrogen-bond donors (Lipinski definition) is 2. The van der Waals surface area contributed by atoms with Crippen LogP contribution in [-0.2, 0) is 14.8 Å². The van der Waals surface area contributed by atoms with Gasteiger partial charge in [-0.15, -0.1) is 12.4 Å². The first-order valence-electron chi connectivity index (χ1n) is 7.13. The number of nitrogens with one attached hydrogen (secondary N) is 2. The third-order valence-corrected chi connectivity index (χ3v) is 5.81. The average molecular weight is 428 g/mol. The summed E-state index contributed by atoms with van der Waals surface area (Å²) in [7, 11) is -3.62. The standard InChI is InChI=1S/C14H19BrN2O4S.ClH/c1-2-21-14(18)10-5-6-13(12(15)8-10)22(19,20)17-9-11-4-3-7-16-11;/h5-6,8,11,16-17H,2-4,7,9H2,1H3;1H. The van der Waals surface area contributed by atoms with E-state index >= 15 is 0 Å². The molecule has 1 heterocycles. The Morgan fingerprint density at radius 2 is 2.22 bits per heavy atom. The van der Waals surface area contributed by atoms with E-state index in [-0.39, 0.29) is 30.0 Å². The highest BCUT2D eigenvalue weighted by molar-refractivity contribution is 9.10. The summed E-state index contributed by atoms with van der Waals surface area (Å²) in [4.78, 5) is 11.8. The molecule has 0 aliphatic carbocycles. The summed E-state index contributed by atoms with van der Waals surface area (Å²) in [5.41, 5.74) is 0.310. The number of sulfonamides is 1. The van der Waals surface area contributed by atoms with E-state index in [0.29, 0.717) is 16.6 Å². The first kappa shape index (κ1) is 20.4. The number of carbonyl (C=O) groups is 1. The van der Waals surface area contributed by atoms with Crippen LogP contribution in [0.15, 0.2) is 27.6 Å². The molecule has 0 aromatic heterocycles. The number of esters is 1. The molecule has 1 atom stereocenters. The Kier molecular flexibility index (Phi) is 7.96. The third-order valence-electron chi connectivity index (χ3n) is 3.41. The van der Waals surface area contributed by atoms with Crippen molar-refractivity contribution in [3.8, 4) is 0 Å². The van der Waals surface area contributed by atoms with Gasteiger partial charge in [-0.1, -0.05) is 0 Å². The first-order valence-corrected chi connectivity index (χ1v) is 9.41. The van der Waals surface area contributed by atoms with Crippen molar-refractivity contribution in [2.45, 2.75) is 30.7 Å². The highest BCUT2D eigenvalue weighted by atomic mass is 79.9. The number of halogens is 2. The zero-order valence-corrected chi connectivity index (χ0v) is 15.9. The van der Waals surface area contributed by atoms with Gasteiger partial charge in [-0.2, -0.15) is 0 Å². The van der Waals surface area contributed by atoms with Crippen LogP contribution in [0, 0.1) is 0 Å². The second kappa shape index (κ2) is 8.98. The maximum atomic E-state index is 12.3. The normalized spacial score (nSPS) is 17.6. The molecular weight excluding hydrogens is 408 g/mol. The van der Waals surface area contributed by atoms with Crippen LogP contribution >= 0.6 is 28.3 Å². The molecule has 1 aliphatic heterocycles. The Balaban J connectivity index is 0.00000264. The zero-order chi connectivity index (χ0) is 16.2. The molecule has 2 N–H and O–H groups in total. The minimum atomic E-state index is -3.62. The highest BCUT2D eigenvalue weighted by Crippen LogP contribution is 2.23. The van der Waals surface area contributed by atoms with E-state index in [9.17, 15) is 13.2 Å². The van der Waals surface area contributed by atoms with Crippen molar-refractivity contribution in [1.82, 2.24) is 10.0 Å². The van der Waals surface area contributed by atoms with Crippen LogP contribution in [0.4, 0.5) is 0 Å². The number of ether oxygens (including phenoxy) is 1. The van der Waals surface area contributed by atoms with Gasteiger partial charge >= 0.3 is 5.97 Å². The quantitative estimate of drug-likeness (QED) is 0.679. The minimum absolute atomic E-state index is 0. The minimum Gasteiger partial charge on any atom is -0.462 e. The molecule has 0 spiro atoms. The molecule has 0 bridgehead atoms. The molecule has 1 aromatic carbocycles. The van der Waals surface area contributed by atoms with E-state index < -0.39 is 16.0 Å². The molecule has 1 aliphatic rings. The molecule has 1 saturated heterocycles. The summed E-state index contributed by atoms with van der Waals surface area (Å²) in [6.45, 7) is 3.26. The number of benzene rings is 1. The van der Waals surface area contributed by atoms with Gasteiger partial charge in [0.05, 0.1) is 17.1 Å². The number of rotatable bonds is 6. The maximum Gasteiger partial charge on any atom is 0.338 e. The fourth-order valence-electron chi connectivity index (χ4n) is 2.28. The van der Waals surface area contributed by atoms with Crippen LogP contribution in [-0.4, -0.2) is 40.1 Å². The predicted molar refractivity (Wildman–Crippen MR) is 93.6 cm³/mol. The molecule has 0 saturated carbocycles. The lowest BCUT2D eigenvalue weighted by Crippen LogP contribution is -2.37. The lowest BCUT2D eigenvalue weighted by molar-refractivity contribution is 0.0526. The SMILES string of the molecule is CCOC(=O)c1ccc(S(=O)(=O)NCC2CCCN2)c(Br)c1.Cl. The van der Waals surface area contributed by atoms with Gasteiger partial charge in [0.15, 0.2) is 0 Å². The van der Waals surface area contributed by atoms with Gasteiger partial charge in [0.25, 0.3) is 0 Å². The number of hydrogen-bond acceptors (Lipinski definition) is 5. The second-order valence-corrected chi connectivity index (χ2v) is 7.60. The van der Waals surface area contributed by atoms with Gasteiger partial charge in [-0.25, -0.2) is 17.9 Å². The Morgan fingerprint density at radius 3 is 2.78 bits per heavy atom. The maximum absolute atomic E-state index is 12.3. The largest absolute Gasteiger partial charge is 0.462 e. The van der Waals surface area contributed by atoms with Gasteiger partial charge in [0, 0.05) is 17.1 Å². The molecule has 2 rings (SSSR count). The lowest BCUT2D eigenvalue weighted by Gasteiger charge is -2.13. The molecular formula is C14H20BrClN2O4S. The Bertz CT molecular complexity index is 648. The van der Waals surface area contributed by atoms with E-state index in [4.69, 9.17) is 4.74 Å².